The Morgan fingerprint density at radius 2 is 1.85 bits per heavy atom. The smallest absolute Gasteiger partial charge is 0.309 e. The molecule has 0 bridgehead atoms. The number of rotatable bonds is 7. The molecule has 1 amide bonds. The summed E-state index contributed by atoms with van der Waals surface area (Å²) in [6.45, 7) is 6.18. The highest BCUT2D eigenvalue weighted by atomic mass is 16.6. The summed E-state index contributed by atoms with van der Waals surface area (Å²) in [7, 11) is 1.81. The van der Waals surface area contributed by atoms with Crippen molar-refractivity contribution in [3.63, 3.8) is 0 Å². The number of hydrogen-bond acceptors (Lipinski definition) is 9. The standard InChI is InChI=1S/C29H38N6O4/c1-29(2,3)39-28(38)18-5-8-21(9-6-18)34-16-19-15-20(7-12-23(19)27(34)37)31-26-24(17-36)25(13-14-30-4)35(33-32-26)22-10-11-22/h7,12-15,17-18,21-22,30,33H,5-6,8-11,16H2,1-4H3,(H,31,32)/b14-13-. The molecule has 2 aliphatic carbocycles. The highest BCUT2D eigenvalue weighted by molar-refractivity contribution is 6.20. The van der Waals surface area contributed by atoms with Crippen LogP contribution in [0.5, 0.6) is 0 Å². The Balaban J connectivity index is 1.26. The van der Waals surface area contributed by atoms with Crippen LogP contribution in [0.2, 0.25) is 0 Å². The van der Waals surface area contributed by atoms with Crippen LogP contribution in [0.15, 0.2) is 46.8 Å². The number of allylic oxidation sites excluding steroid dienone is 1. The van der Waals surface area contributed by atoms with E-state index in [1.807, 2.05) is 62.0 Å². The van der Waals surface area contributed by atoms with Gasteiger partial charge in [0.15, 0.2) is 12.1 Å². The topological polar surface area (TPSA) is 115 Å². The molecule has 3 N–H and O–H groups in total. The van der Waals surface area contributed by atoms with Gasteiger partial charge in [-0.2, -0.15) is 0 Å². The van der Waals surface area contributed by atoms with Crippen LogP contribution in [0.4, 0.5) is 5.69 Å². The Morgan fingerprint density at radius 1 is 1.13 bits per heavy atom. The van der Waals surface area contributed by atoms with Gasteiger partial charge in [0.1, 0.15) is 5.60 Å². The molecule has 2 aliphatic heterocycles. The molecule has 2 saturated carbocycles. The van der Waals surface area contributed by atoms with Crippen molar-refractivity contribution in [2.24, 2.45) is 11.0 Å². The largest absolute Gasteiger partial charge is 0.460 e. The minimum atomic E-state index is -0.491. The lowest BCUT2D eigenvalue weighted by molar-refractivity contribution is -0.161. The highest BCUT2D eigenvalue weighted by Crippen LogP contribution is 2.35. The number of hydrazone groups is 1. The normalized spacial score (nSPS) is 23.4. The predicted molar refractivity (Wildman–Crippen MR) is 148 cm³/mol. The lowest BCUT2D eigenvalue weighted by Gasteiger charge is -2.34. The molecule has 0 unspecified atom stereocenters. The molecule has 39 heavy (non-hydrogen) atoms. The van der Waals surface area contributed by atoms with E-state index in [2.05, 4.69) is 21.3 Å². The number of carbonyl (C=O) groups is 3. The van der Waals surface area contributed by atoms with Crippen LogP contribution in [0.25, 0.3) is 0 Å². The molecule has 2 heterocycles. The average molecular weight is 535 g/mol. The van der Waals surface area contributed by atoms with Crippen LogP contribution in [-0.4, -0.2) is 58.6 Å². The fourth-order valence-electron chi connectivity index (χ4n) is 5.48. The van der Waals surface area contributed by atoms with Crippen LogP contribution in [0.3, 0.4) is 0 Å². The molecule has 10 nitrogen and oxygen atoms in total. The number of amidine groups is 1. The zero-order chi connectivity index (χ0) is 27.7. The lowest BCUT2D eigenvalue weighted by Crippen LogP contribution is -2.42. The molecular formula is C29H38N6O4. The van der Waals surface area contributed by atoms with Gasteiger partial charge in [0.2, 0.25) is 0 Å². The Bertz CT molecular complexity index is 1230. The zero-order valence-corrected chi connectivity index (χ0v) is 23.1. The fraction of sp³-hybridized carbons (Fsp3) is 0.517. The number of hydrogen-bond donors (Lipinski definition) is 3. The van der Waals surface area contributed by atoms with Crippen molar-refractivity contribution < 1.29 is 19.1 Å². The number of nitrogens with one attached hydrogen (secondary N) is 3. The molecular weight excluding hydrogens is 496 g/mol. The third-order valence-corrected chi connectivity index (χ3v) is 7.58. The number of esters is 1. The molecule has 0 saturated heterocycles. The molecule has 5 rings (SSSR count). The fourth-order valence-corrected chi connectivity index (χ4v) is 5.48. The third kappa shape index (κ3) is 5.79. The quantitative estimate of drug-likeness (QED) is 0.360. The number of anilines is 1. The van der Waals surface area contributed by atoms with E-state index in [-0.39, 0.29) is 23.8 Å². The summed E-state index contributed by atoms with van der Waals surface area (Å²) in [6, 6.07) is 6.07. The summed E-state index contributed by atoms with van der Waals surface area (Å²) in [4.78, 5) is 39.8. The van der Waals surface area contributed by atoms with Gasteiger partial charge < -0.3 is 20.3 Å². The minimum absolute atomic E-state index is 0.0296. The van der Waals surface area contributed by atoms with E-state index in [0.717, 1.165) is 61.8 Å². The van der Waals surface area contributed by atoms with E-state index in [4.69, 9.17) is 4.74 Å². The van der Waals surface area contributed by atoms with Gasteiger partial charge in [-0.15, -0.1) is 5.10 Å². The first-order valence-corrected chi connectivity index (χ1v) is 13.8. The second-order valence-electron chi connectivity index (χ2n) is 11.7. The summed E-state index contributed by atoms with van der Waals surface area (Å²) in [6.07, 6.45) is 9.58. The number of hydrazine groups is 1. The van der Waals surface area contributed by atoms with Gasteiger partial charge in [0.05, 0.1) is 23.2 Å². The van der Waals surface area contributed by atoms with Gasteiger partial charge in [-0.25, -0.2) is 5.53 Å². The maximum atomic E-state index is 13.3. The van der Waals surface area contributed by atoms with Crippen molar-refractivity contribution in [3.05, 3.63) is 52.9 Å². The first-order chi connectivity index (χ1) is 18.7. The van der Waals surface area contributed by atoms with Gasteiger partial charge in [-0.3, -0.25) is 19.4 Å². The summed E-state index contributed by atoms with van der Waals surface area (Å²) < 4.78 is 5.57. The number of nitrogens with zero attached hydrogens (tertiary/aromatic N) is 3. The van der Waals surface area contributed by atoms with Crippen molar-refractivity contribution in [3.8, 4) is 0 Å². The molecule has 0 spiro atoms. The number of ether oxygens (including phenoxy) is 1. The summed E-state index contributed by atoms with van der Waals surface area (Å²) in [5, 5.41) is 12.6. The summed E-state index contributed by atoms with van der Waals surface area (Å²) in [5.74, 6) is 0.215. The number of fused-ring (bicyclic) bond motifs is 1. The molecule has 0 radical (unpaired) electrons. The molecule has 1 aromatic carbocycles. The van der Waals surface area contributed by atoms with Crippen LogP contribution < -0.4 is 16.2 Å². The van der Waals surface area contributed by atoms with Crippen LogP contribution in [0, 0.1) is 5.92 Å². The third-order valence-electron chi connectivity index (χ3n) is 7.58. The Kier molecular flexibility index (Phi) is 7.38. The van der Waals surface area contributed by atoms with E-state index < -0.39 is 5.60 Å². The number of benzene rings is 1. The lowest BCUT2D eigenvalue weighted by atomic mass is 9.85. The minimum Gasteiger partial charge on any atom is -0.460 e. The molecule has 0 aromatic heterocycles. The van der Waals surface area contributed by atoms with Gasteiger partial charge in [0, 0.05) is 30.9 Å². The predicted octanol–water partition coefficient (Wildman–Crippen LogP) is 3.44. The number of aldehydes is 1. The molecule has 10 heteroatoms. The summed E-state index contributed by atoms with van der Waals surface area (Å²) in [5.41, 5.74) is 6.20. The first-order valence-electron chi connectivity index (χ1n) is 13.8. The average Bonchev–Trinajstić information content (AvgIpc) is 3.70. The van der Waals surface area contributed by atoms with Gasteiger partial charge in [0.25, 0.3) is 5.91 Å². The maximum Gasteiger partial charge on any atom is 0.309 e. The highest BCUT2D eigenvalue weighted by Gasteiger charge is 2.38. The Hall–Kier alpha value is -3.82. The van der Waals surface area contributed by atoms with Crippen molar-refractivity contribution in [1.29, 1.82) is 0 Å². The number of carbonyl (C=O) groups excluding carboxylic acids is 3. The molecule has 1 aromatic rings. The van der Waals surface area contributed by atoms with Crippen LogP contribution in [-0.2, 0) is 20.9 Å². The van der Waals surface area contributed by atoms with Gasteiger partial charge in [-0.1, -0.05) is 0 Å². The summed E-state index contributed by atoms with van der Waals surface area (Å²) >= 11 is 0. The zero-order valence-electron chi connectivity index (χ0n) is 23.1. The Morgan fingerprint density at radius 3 is 2.49 bits per heavy atom. The van der Waals surface area contributed by atoms with Gasteiger partial charge >= 0.3 is 5.97 Å². The van der Waals surface area contributed by atoms with Gasteiger partial charge in [-0.05, 0) is 95.3 Å². The van der Waals surface area contributed by atoms with E-state index in [0.29, 0.717) is 29.6 Å². The van der Waals surface area contributed by atoms with E-state index in [1.165, 1.54) is 0 Å². The SMILES string of the molecule is CN/C=C\C1=C(C=O)C(Nc2ccc3c(c2)CN(C2CCC(C(=O)OC(C)(C)C)CC2)C3=O)=NNN1C1CC1. The van der Waals surface area contributed by atoms with Crippen molar-refractivity contribution in [1.82, 2.24) is 20.8 Å². The van der Waals surface area contributed by atoms with E-state index in [1.54, 1.807) is 6.20 Å². The second kappa shape index (κ2) is 10.7. The van der Waals surface area contributed by atoms with E-state index >= 15 is 0 Å². The maximum absolute atomic E-state index is 13.3. The van der Waals surface area contributed by atoms with Crippen LogP contribution in [0.1, 0.15) is 75.2 Å². The molecule has 208 valence electrons. The monoisotopic (exact) mass is 534 g/mol. The molecule has 2 fully saturated rings. The second-order valence-corrected chi connectivity index (χ2v) is 11.7. The molecule has 0 atom stereocenters. The van der Waals surface area contributed by atoms with Crippen molar-refractivity contribution in [2.75, 3.05) is 12.4 Å². The van der Waals surface area contributed by atoms with E-state index in [9.17, 15) is 14.4 Å². The van der Waals surface area contributed by atoms with Crippen molar-refractivity contribution >= 4 is 29.7 Å². The Labute approximate surface area is 229 Å². The first kappa shape index (κ1) is 26.8. The van der Waals surface area contributed by atoms with Crippen LogP contribution >= 0.6 is 0 Å². The number of amides is 1. The van der Waals surface area contributed by atoms with Crippen molar-refractivity contribution in [2.45, 2.75) is 83.5 Å². The molecule has 4 aliphatic rings.